The van der Waals surface area contributed by atoms with E-state index >= 15 is 0 Å². The fraction of sp³-hybridized carbons (Fsp3) is 0.929. The van der Waals surface area contributed by atoms with Gasteiger partial charge in [-0.2, -0.15) is 0 Å². The summed E-state index contributed by atoms with van der Waals surface area (Å²) in [4.78, 5) is 14.1. The van der Waals surface area contributed by atoms with Gasteiger partial charge in [0.25, 0.3) is 5.91 Å². The lowest BCUT2D eigenvalue weighted by Gasteiger charge is -2.37. The molecule has 1 unspecified atom stereocenters. The van der Waals surface area contributed by atoms with Gasteiger partial charge >= 0.3 is 0 Å². The lowest BCUT2D eigenvalue weighted by Crippen LogP contribution is -2.45. The van der Waals surface area contributed by atoms with E-state index in [0.29, 0.717) is 6.10 Å². The molecule has 0 aromatic heterocycles. The van der Waals surface area contributed by atoms with Gasteiger partial charge in [0.05, 0.1) is 6.10 Å². The predicted molar refractivity (Wildman–Crippen MR) is 71.4 cm³/mol. The molecule has 18 heavy (non-hydrogen) atoms. The Hall–Kier alpha value is -0.610. The average Bonchev–Trinajstić information content (AvgIpc) is 2.36. The van der Waals surface area contributed by atoms with Crippen LogP contribution in [0.15, 0.2) is 0 Å². The number of carbonyl (C=O) groups is 1. The van der Waals surface area contributed by atoms with Crippen LogP contribution < -0.4 is 5.32 Å². The van der Waals surface area contributed by atoms with Gasteiger partial charge in [0, 0.05) is 13.1 Å². The summed E-state index contributed by atoms with van der Waals surface area (Å²) >= 11 is 0. The molecule has 104 valence electrons. The highest BCUT2D eigenvalue weighted by Gasteiger charge is 2.33. The number of hydrogen-bond donors (Lipinski definition) is 1. The maximum atomic E-state index is 12.2. The number of hydrogen-bond acceptors (Lipinski definition) is 3. The first-order chi connectivity index (χ1) is 8.70. The first-order valence-corrected chi connectivity index (χ1v) is 7.29. The summed E-state index contributed by atoms with van der Waals surface area (Å²) in [6, 6.07) is 0. The zero-order chi connectivity index (χ0) is 13.0. The van der Waals surface area contributed by atoms with Crippen molar-refractivity contribution < 1.29 is 9.53 Å². The van der Waals surface area contributed by atoms with Crippen molar-refractivity contribution in [2.75, 3.05) is 26.7 Å². The molecule has 1 N–H and O–H groups in total. The van der Waals surface area contributed by atoms with Crippen LogP contribution in [0.1, 0.15) is 39.0 Å². The quantitative estimate of drug-likeness (QED) is 0.806. The number of amides is 1. The van der Waals surface area contributed by atoms with Crippen molar-refractivity contribution >= 4 is 5.91 Å². The van der Waals surface area contributed by atoms with Crippen molar-refractivity contribution in [3.63, 3.8) is 0 Å². The molecule has 1 saturated carbocycles. The van der Waals surface area contributed by atoms with Gasteiger partial charge in [-0.15, -0.1) is 0 Å². The number of nitrogens with one attached hydrogen (secondary N) is 1. The molecule has 0 aromatic carbocycles. The van der Waals surface area contributed by atoms with E-state index in [1.165, 1.54) is 6.42 Å². The van der Waals surface area contributed by atoms with Crippen LogP contribution in [0.4, 0.5) is 0 Å². The van der Waals surface area contributed by atoms with Crippen molar-refractivity contribution in [3.8, 4) is 0 Å². The normalized spacial score (nSPS) is 29.8. The number of rotatable bonds is 5. The molecule has 1 aliphatic carbocycles. The standard InChI is InChI=1S/C14H26N2O2/c1-11(14(17)16-6-4-3-5-7-16)18-13-8-12(9-13)10-15-2/h11-13,15H,3-10H2,1-2H3. The van der Waals surface area contributed by atoms with Crippen LogP contribution in [-0.2, 0) is 9.53 Å². The topological polar surface area (TPSA) is 41.6 Å². The Labute approximate surface area is 110 Å². The van der Waals surface area contributed by atoms with Gasteiger partial charge in [0.15, 0.2) is 0 Å². The Kier molecular flexibility index (Phi) is 5.01. The average molecular weight is 254 g/mol. The van der Waals surface area contributed by atoms with Gasteiger partial charge in [-0.05, 0) is 58.5 Å². The molecule has 0 spiro atoms. The predicted octanol–water partition coefficient (Wildman–Crippen LogP) is 1.40. The van der Waals surface area contributed by atoms with E-state index in [0.717, 1.165) is 51.2 Å². The third-order valence-corrected chi connectivity index (χ3v) is 4.10. The summed E-state index contributed by atoms with van der Waals surface area (Å²) in [6.45, 7) is 4.80. The highest BCUT2D eigenvalue weighted by Crippen LogP contribution is 2.30. The van der Waals surface area contributed by atoms with Gasteiger partial charge < -0.3 is 15.0 Å². The van der Waals surface area contributed by atoms with Crippen LogP contribution in [0, 0.1) is 5.92 Å². The molecular formula is C14H26N2O2. The van der Waals surface area contributed by atoms with E-state index in [-0.39, 0.29) is 12.0 Å². The molecule has 2 rings (SSSR count). The van der Waals surface area contributed by atoms with Crippen LogP contribution in [0.3, 0.4) is 0 Å². The Morgan fingerprint density at radius 2 is 2.00 bits per heavy atom. The summed E-state index contributed by atoms with van der Waals surface area (Å²) < 4.78 is 5.86. The van der Waals surface area contributed by atoms with E-state index in [2.05, 4.69) is 5.32 Å². The molecular weight excluding hydrogens is 228 g/mol. The molecule has 4 nitrogen and oxygen atoms in total. The smallest absolute Gasteiger partial charge is 0.251 e. The Bertz CT molecular complexity index is 271. The Balaban J connectivity index is 1.68. The Morgan fingerprint density at radius 1 is 1.33 bits per heavy atom. The van der Waals surface area contributed by atoms with Crippen molar-refractivity contribution in [2.45, 2.75) is 51.2 Å². The summed E-state index contributed by atoms with van der Waals surface area (Å²) in [7, 11) is 1.98. The molecule has 4 heteroatoms. The van der Waals surface area contributed by atoms with Crippen molar-refractivity contribution in [1.29, 1.82) is 0 Å². The largest absolute Gasteiger partial charge is 0.365 e. The number of carbonyl (C=O) groups excluding carboxylic acids is 1. The highest BCUT2D eigenvalue weighted by atomic mass is 16.5. The number of ether oxygens (including phenoxy) is 1. The monoisotopic (exact) mass is 254 g/mol. The van der Waals surface area contributed by atoms with Crippen LogP contribution in [0.2, 0.25) is 0 Å². The van der Waals surface area contributed by atoms with Gasteiger partial charge in [-0.3, -0.25) is 4.79 Å². The first-order valence-electron chi connectivity index (χ1n) is 7.29. The molecule has 2 aliphatic rings. The molecule has 1 heterocycles. The molecule has 0 aromatic rings. The first kappa shape index (κ1) is 13.8. The molecule has 0 bridgehead atoms. The molecule has 0 radical (unpaired) electrons. The maximum Gasteiger partial charge on any atom is 0.251 e. The highest BCUT2D eigenvalue weighted by molar-refractivity contribution is 5.80. The molecule has 1 amide bonds. The second kappa shape index (κ2) is 6.53. The molecule has 2 fully saturated rings. The van der Waals surface area contributed by atoms with Gasteiger partial charge in [0.1, 0.15) is 6.10 Å². The SMILES string of the molecule is CNCC1CC(OC(C)C(=O)N2CCCCC2)C1. The molecule has 1 saturated heterocycles. The van der Waals surface area contributed by atoms with Crippen molar-refractivity contribution in [1.82, 2.24) is 10.2 Å². The fourth-order valence-corrected chi connectivity index (χ4v) is 2.96. The number of piperidine rings is 1. The van der Waals surface area contributed by atoms with Gasteiger partial charge in [-0.1, -0.05) is 0 Å². The summed E-state index contributed by atoms with van der Waals surface area (Å²) in [6.07, 6.45) is 5.78. The summed E-state index contributed by atoms with van der Waals surface area (Å²) in [5.74, 6) is 0.920. The third-order valence-electron chi connectivity index (χ3n) is 4.10. The lowest BCUT2D eigenvalue weighted by atomic mass is 9.82. The van der Waals surface area contributed by atoms with Crippen LogP contribution in [0.25, 0.3) is 0 Å². The lowest BCUT2D eigenvalue weighted by molar-refractivity contribution is -0.152. The minimum atomic E-state index is -0.261. The third kappa shape index (κ3) is 3.45. The van der Waals surface area contributed by atoms with Gasteiger partial charge in [-0.25, -0.2) is 0 Å². The zero-order valence-corrected chi connectivity index (χ0v) is 11.7. The van der Waals surface area contributed by atoms with Crippen LogP contribution in [0.5, 0.6) is 0 Å². The Morgan fingerprint density at radius 3 is 2.61 bits per heavy atom. The van der Waals surface area contributed by atoms with E-state index in [4.69, 9.17) is 4.74 Å². The minimum Gasteiger partial charge on any atom is -0.365 e. The van der Waals surface area contributed by atoms with E-state index in [9.17, 15) is 4.79 Å². The number of nitrogens with zero attached hydrogens (tertiary/aromatic N) is 1. The van der Waals surface area contributed by atoms with Gasteiger partial charge in [0.2, 0.25) is 0 Å². The van der Waals surface area contributed by atoms with Crippen molar-refractivity contribution in [3.05, 3.63) is 0 Å². The van der Waals surface area contributed by atoms with Crippen LogP contribution >= 0.6 is 0 Å². The van der Waals surface area contributed by atoms with Crippen molar-refractivity contribution in [2.24, 2.45) is 5.92 Å². The zero-order valence-electron chi connectivity index (χ0n) is 11.7. The van der Waals surface area contributed by atoms with Crippen LogP contribution in [-0.4, -0.2) is 49.7 Å². The fourth-order valence-electron chi connectivity index (χ4n) is 2.96. The minimum absolute atomic E-state index is 0.187. The summed E-state index contributed by atoms with van der Waals surface area (Å²) in [5, 5.41) is 3.19. The second-order valence-corrected chi connectivity index (χ2v) is 5.68. The van der Waals surface area contributed by atoms with E-state index in [1.54, 1.807) is 0 Å². The van der Waals surface area contributed by atoms with E-state index < -0.39 is 0 Å². The molecule has 1 atom stereocenters. The second-order valence-electron chi connectivity index (χ2n) is 5.68. The maximum absolute atomic E-state index is 12.2. The number of likely N-dealkylation sites (tertiary alicyclic amines) is 1. The summed E-state index contributed by atoms with van der Waals surface area (Å²) in [5.41, 5.74) is 0. The molecule has 1 aliphatic heterocycles. The van der Waals surface area contributed by atoms with E-state index in [1.807, 2.05) is 18.9 Å².